The molecule has 0 amide bonds. The Labute approximate surface area is 195 Å². The van der Waals surface area contributed by atoms with Crippen LogP contribution in [0.25, 0.3) is 0 Å². The maximum atomic E-state index is 12.2. The van der Waals surface area contributed by atoms with E-state index in [1.807, 2.05) is 19.1 Å². The average molecular weight is 551 g/mol. The Morgan fingerprint density at radius 3 is 2.58 bits per heavy atom. The number of halogens is 4. The van der Waals surface area contributed by atoms with Crippen molar-refractivity contribution in [3.05, 3.63) is 53.7 Å². The SMILES string of the molecule is CC1CN(c2ccc(CN=C(N)NCc3ccc(OC(F)(F)F)cc3)cn2)CCO1.I. The molecule has 1 aromatic heterocycles. The molecule has 1 unspecified atom stereocenters. The van der Waals surface area contributed by atoms with Gasteiger partial charge in [-0.2, -0.15) is 0 Å². The number of hydrogen-bond donors (Lipinski definition) is 2. The van der Waals surface area contributed by atoms with Crippen molar-refractivity contribution < 1.29 is 22.6 Å². The number of aromatic nitrogens is 1. The predicted octanol–water partition coefficient (Wildman–Crippen LogP) is 3.43. The summed E-state index contributed by atoms with van der Waals surface area (Å²) < 4.78 is 45.9. The molecule has 1 aliphatic heterocycles. The van der Waals surface area contributed by atoms with Crippen molar-refractivity contribution in [3.8, 4) is 5.75 Å². The number of pyridine rings is 1. The van der Waals surface area contributed by atoms with Gasteiger partial charge < -0.3 is 25.4 Å². The highest BCUT2D eigenvalue weighted by molar-refractivity contribution is 14.0. The summed E-state index contributed by atoms with van der Waals surface area (Å²) in [6.45, 7) is 5.04. The first-order chi connectivity index (χ1) is 14.3. The Balaban J connectivity index is 0.00000341. The molecule has 2 heterocycles. The van der Waals surface area contributed by atoms with Crippen LogP contribution in [0.5, 0.6) is 5.75 Å². The van der Waals surface area contributed by atoms with E-state index < -0.39 is 6.36 Å². The molecule has 11 heteroatoms. The highest BCUT2D eigenvalue weighted by Gasteiger charge is 2.30. The second-order valence-electron chi connectivity index (χ2n) is 6.90. The van der Waals surface area contributed by atoms with Crippen molar-refractivity contribution in [2.45, 2.75) is 32.5 Å². The van der Waals surface area contributed by atoms with Gasteiger partial charge in [0.25, 0.3) is 0 Å². The normalized spacial score (nSPS) is 17.1. The standard InChI is InChI=1S/C20H24F3N5O2.HI/c1-14-13-28(8-9-29-14)18-7-4-16(11-25-18)12-27-19(24)26-10-15-2-5-17(6-3-15)30-20(21,22)23;/h2-7,11,14H,8-10,12-13H2,1H3,(H3,24,26,27);1H. The summed E-state index contributed by atoms with van der Waals surface area (Å²) in [6.07, 6.45) is -2.75. The number of guanidine groups is 1. The Hall–Kier alpha value is -2.28. The maximum Gasteiger partial charge on any atom is 0.573 e. The molecule has 1 fully saturated rings. The van der Waals surface area contributed by atoms with Gasteiger partial charge in [0.2, 0.25) is 0 Å². The molecule has 7 nitrogen and oxygen atoms in total. The van der Waals surface area contributed by atoms with Crippen LogP contribution in [0, 0.1) is 0 Å². The number of nitrogens with one attached hydrogen (secondary N) is 1. The third kappa shape index (κ3) is 8.40. The average Bonchev–Trinajstić information content (AvgIpc) is 2.71. The van der Waals surface area contributed by atoms with Gasteiger partial charge in [0.05, 0.1) is 19.3 Å². The Morgan fingerprint density at radius 1 is 1.26 bits per heavy atom. The summed E-state index contributed by atoms with van der Waals surface area (Å²) in [5, 5.41) is 2.93. The zero-order valence-corrected chi connectivity index (χ0v) is 19.3. The summed E-state index contributed by atoms with van der Waals surface area (Å²) >= 11 is 0. The molecule has 0 radical (unpaired) electrons. The summed E-state index contributed by atoms with van der Waals surface area (Å²) in [5.74, 6) is 0.869. The fourth-order valence-corrected chi connectivity index (χ4v) is 2.96. The van der Waals surface area contributed by atoms with Gasteiger partial charge >= 0.3 is 6.36 Å². The second-order valence-corrected chi connectivity index (χ2v) is 6.90. The fraction of sp³-hybridized carbons (Fsp3) is 0.400. The number of aliphatic imine (C=N–C) groups is 1. The molecule has 1 aliphatic rings. The number of ether oxygens (including phenoxy) is 2. The molecule has 1 atom stereocenters. The molecule has 0 spiro atoms. The number of nitrogens with two attached hydrogens (primary N) is 1. The first-order valence-electron chi connectivity index (χ1n) is 9.48. The smallest absolute Gasteiger partial charge is 0.406 e. The predicted molar refractivity (Wildman–Crippen MR) is 123 cm³/mol. The minimum absolute atomic E-state index is 0. The van der Waals surface area contributed by atoms with Gasteiger partial charge in [-0.3, -0.25) is 0 Å². The number of benzene rings is 1. The van der Waals surface area contributed by atoms with E-state index in [2.05, 4.69) is 24.9 Å². The van der Waals surface area contributed by atoms with Gasteiger partial charge in [0.15, 0.2) is 5.96 Å². The first-order valence-corrected chi connectivity index (χ1v) is 9.48. The summed E-state index contributed by atoms with van der Waals surface area (Å²) in [4.78, 5) is 10.9. The van der Waals surface area contributed by atoms with Crippen LogP contribution in [0.2, 0.25) is 0 Å². The van der Waals surface area contributed by atoms with Crippen molar-refractivity contribution in [1.29, 1.82) is 0 Å². The van der Waals surface area contributed by atoms with E-state index in [1.165, 1.54) is 24.3 Å². The van der Waals surface area contributed by atoms with Crippen molar-refractivity contribution in [2.75, 3.05) is 24.6 Å². The van der Waals surface area contributed by atoms with Gasteiger partial charge in [-0.05, 0) is 36.2 Å². The summed E-state index contributed by atoms with van der Waals surface area (Å²) in [5.41, 5.74) is 7.53. The minimum atomic E-state index is -4.70. The van der Waals surface area contributed by atoms with Crippen LogP contribution in [-0.4, -0.2) is 43.1 Å². The molecular formula is C20H25F3IN5O2. The zero-order chi connectivity index (χ0) is 21.6. The van der Waals surface area contributed by atoms with Crippen LogP contribution < -0.4 is 20.7 Å². The lowest BCUT2D eigenvalue weighted by Crippen LogP contribution is -2.41. The highest BCUT2D eigenvalue weighted by atomic mass is 127. The number of morpholine rings is 1. The molecular weight excluding hydrogens is 526 g/mol. The van der Waals surface area contributed by atoms with Gasteiger partial charge in [0, 0.05) is 25.8 Å². The number of rotatable bonds is 6. The van der Waals surface area contributed by atoms with E-state index >= 15 is 0 Å². The van der Waals surface area contributed by atoms with Gasteiger partial charge in [-0.15, -0.1) is 37.1 Å². The summed E-state index contributed by atoms with van der Waals surface area (Å²) in [7, 11) is 0. The largest absolute Gasteiger partial charge is 0.573 e. The van der Waals surface area contributed by atoms with Crippen LogP contribution >= 0.6 is 24.0 Å². The minimum Gasteiger partial charge on any atom is -0.406 e. The van der Waals surface area contributed by atoms with Gasteiger partial charge in [-0.1, -0.05) is 18.2 Å². The van der Waals surface area contributed by atoms with E-state index in [0.29, 0.717) is 19.7 Å². The molecule has 0 bridgehead atoms. The molecule has 31 heavy (non-hydrogen) atoms. The Kier molecular flexibility index (Phi) is 9.16. The van der Waals surface area contributed by atoms with Crippen molar-refractivity contribution >= 4 is 35.8 Å². The highest BCUT2D eigenvalue weighted by Crippen LogP contribution is 2.22. The lowest BCUT2D eigenvalue weighted by Gasteiger charge is -2.32. The van der Waals surface area contributed by atoms with Crippen LogP contribution in [0.1, 0.15) is 18.1 Å². The van der Waals surface area contributed by atoms with E-state index in [4.69, 9.17) is 10.5 Å². The van der Waals surface area contributed by atoms with Crippen LogP contribution in [-0.2, 0) is 17.8 Å². The van der Waals surface area contributed by atoms with Crippen LogP contribution in [0.3, 0.4) is 0 Å². The van der Waals surface area contributed by atoms with Crippen LogP contribution in [0.15, 0.2) is 47.6 Å². The third-order valence-corrected chi connectivity index (χ3v) is 4.44. The third-order valence-electron chi connectivity index (χ3n) is 4.44. The number of alkyl halides is 3. The monoisotopic (exact) mass is 551 g/mol. The molecule has 2 aromatic rings. The van der Waals surface area contributed by atoms with Crippen molar-refractivity contribution in [3.63, 3.8) is 0 Å². The van der Waals surface area contributed by atoms with E-state index in [-0.39, 0.29) is 41.8 Å². The molecule has 1 aromatic carbocycles. The second kappa shape index (κ2) is 11.4. The molecule has 3 rings (SSSR count). The molecule has 0 aliphatic carbocycles. The zero-order valence-electron chi connectivity index (χ0n) is 16.9. The molecule has 170 valence electrons. The lowest BCUT2D eigenvalue weighted by molar-refractivity contribution is -0.274. The number of nitrogens with zero attached hydrogens (tertiary/aromatic N) is 3. The number of hydrogen-bond acceptors (Lipinski definition) is 5. The van der Waals surface area contributed by atoms with Gasteiger partial charge in [-0.25, -0.2) is 9.98 Å². The van der Waals surface area contributed by atoms with E-state index in [0.717, 1.165) is 30.0 Å². The fourth-order valence-electron chi connectivity index (χ4n) is 2.96. The Morgan fingerprint density at radius 2 is 1.97 bits per heavy atom. The molecule has 0 saturated carbocycles. The van der Waals surface area contributed by atoms with E-state index in [9.17, 15) is 13.2 Å². The molecule has 1 saturated heterocycles. The lowest BCUT2D eigenvalue weighted by atomic mass is 10.2. The van der Waals surface area contributed by atoms with Crippen molar-refractivity contribution in [2.24, 2.45) is 10.7 Å². The first kappa shape index (κ1) is 25.0. The van der Waals surface area contributed by atoms with Crippen LogP contribution in [0.4, 0.5) is 19.0 Å². The van der Waals surface area contributed by atoms with Gasteiger partial charge in [0.1, 0.15) is 11.6 Å². The topological polar surface area (TPSA) is 85.0 Å². The Bertz CT molecular complexity index is 847. The van der Waals surface area contributed by atoms with E-state index in [1.54, 1.807) is 6.20 Å². The van der Waals surface area contributed by atoms with Crippen molar-refractivity contribution in [1.82, 2.24) is 10.3 Å². The molecule has 3 N–H and O–H groups in total. The quantitative estimate of drug-likeness (QED) is 0.325. The summed E-state index contributed by atoms with van der Waals surface area (Å²) in [6, 6.07) is 9.46. The maximum absolute atomic E-state index is 12.2. The number of anilines is 1.